The summed E-state index contributed by atoms with van der Waals surface area (Å²) in [5.41, 5.74) is 0. The normalized spacial score (nSPS) is 11.9. The van der Waals surface area contributed by atoms with Gasteiger partial charge in [-0.15, -0.1) is 0 Å². The zero-order valence-corrected chi connectivity index (χ0v) is 17.5. The van der Waals surface area contributed by atoms with Crippen molar-refractivity contribution in [2.75, 3.05) is 0 Å². The van der Waals surface area contributed by atoms with Crippen LogP contribution in [0.2, 0.25) is 12.1 Å². The van der Waals surface area contributed by atoms with Crippen molar-refractivity contribution < 1.29 is 0 Å². The van der Waals surface area contributed by atoms with Crippen LogP contribution in [0.15, 0.2) is 35.0 Å². The second kappa shape index (κ2) is 10.5. The number of thiophene rings is 2. The maximum Gasteiger partial charge on any atom is 0.143 e. The predicted octanol–water partition coefficient (Wildman–Crippen LogP) is 6.53. The Morgan fingerprint density at radius 1 is 0.696 bits per heavy atom. The SMILES string of the molecule is CCCCCC[Si](CCCCCC)(c1cccs1)c1cccs1. The molecule has 0 aliphatic carbocycles. The molecule has 3 heteroatoms. The molecule has 2 aromatic heterocycles. The molecule has 0 atom stereocenters. The van der Waals surface area contributed by atoms with E-state index in [4.69, 9.17) is 0 Å². The monoisotopic (exact) mass is 364 g/mol. The van der Waals surface area contributed by atoms with Gasteiger partial charge in [0, 0.05) is 0 Å². The van der Waals surface area contributed by atoms with Gasteiger partial charge < -0.3 is 0 Å². The number of rotatable bonds is 12. The van der Waals surface area contributed by atoms with Gasteiger partial charge in [0.15, 0.2) is 0 Å². The largest absolute Gasteiger partial charge is 0.153 e. The highest BCUT2D eigenvalue weighted by atomic mass is 32.1. The summed E-state index contributed by atoms with van der Waals surface area (Å²) in [5, 5.41) is 4.59. The lowest BCUT2D eigenvalue weighted by atomic mass is 10.2. The Morgan fingerprint density at radius 2 is 1.17 bits per heavy atom. The molecule has 0 N–H and O–H groups in total. The van der Waals surface area contributed by atoms with E-state index in [1.54, 1.807) is 9.00 Å². The molecule has 128 valence electrons. The summed E-state index contributed by atoms with van der Waals surface area (Å²) in [6.45, 7) is 4.63. The average molecular weight is 365 g/mol. The van der Waals surface area contributed by atoms with Crippen LogP contribution in [0.5, 0.6) is 0 Å². The molecular formula is C20H32S2Si. The van der Waals surface area contributed by atoms with Crippen LogP contribution >= 0.6 is 22.7 Å². The van der Waals surface area contributed by atoms with Crippen LogP contribution in [-0.2, 0) is 0 Å². The Bertz CT molecular complexity index is 453. The molecule has 2 rings (SSSR count). The number of unbranched alkanes of at least 4 members (excludes halogenated alkanes) is 6. The third-order valence-corrected chi connectivity index (χ3v) is 14.0. The minimum absolute atomic E-state index is 1.34. The molecule has 0 saturated heterocycles. The molecule has 2 aromatic rings. The summed E-state index contributed by atoms with van der Waals surface area (Å²) >= 11 is 4.05. The van der Waals surface area contributed by atoms with E-state index < -0.39 is 8.07 Å². The smallest absolute Gasteiger partial charge is 0.143 e. The van der Waals surface area contributed by atoms with Crippen molar-refractivity contribution in [2.45, 2.75) is 77.3 Å². The van der Waals surface area contributed by atoms with Gasteiger partial charge in [0.25, 0.3) is 0 Å². The second-order valence-corrected chi connectivity index (χ2v) is 13.5. The first-order chi connectivity index (χ1) is 11.3. The minimum atomic E-state index is -1.51. The fraction of sp³-hybridized carbons (Fsp3) is 0.600. The topological polar surface area (TPSA) is 0 Å². The van der Waals surface area contributed by atoms with Crippen molar-refractivity contribution in [1.29, 1.82) is 0 Å². The van der Waals surface area contributed by atoms with Crippen molar-refractivity contribution in [3.05, 3.63) is 35.0 Å². The van der Waals surface area contributed by atoms with E-state index >= 15 is 0 Å². The molecule has 0 nitrogen and oxygen atoms in total. The first kappa shape index (κ1) is 18.9. The third-order valence-electron chi connectivity index (χ3n) is 4.90. The number of hydrogen-bond donors (Lipinski definition) is 0. The van der Waals surface area contributed by atoms with E-state index in [1.807, 2.05) is 22.7 Å². The van der Waals surface area contributed by atoms with Crippen molar-refractivity contribution >= 4 is 39.7 Å². The highest BCUT2D eigenvalue weighted by molar-refractivity contribution is 7.36. The maximum absolute atomic E-state index is 2.44. The minimum Gasteiger partial charge on any atom is -0.153 e. The van der Waals surface area contributed by atoms with E-state index in [0.717, 1.165) is 0 Å². The van der Waals surface area contributed by atoms with E-state index in [1.165, 1.54) is 63.5 Å². The molecule has 0 aromatic carbocycles. The van der Waals surface area contributed by atoms with Crippen molar-refractivity contribution in [3.63, 3.8) is 0 Å². The van der Waals surface area contributed by atoms with Crippen molar-refractivity contribution in [2.24, 2.45) is 0 Å². The molecule has 0 spiro atoms. The van der Waals surface area contributed by atoms with Crippen LogP contribution in [0.3, 0.4) is 0 Å². The Morgan fingerprint density at radius 3 is 1.52 bits per heavy atom. The van der Waals surface area contributed by atoms with Gasteiger partial charge in [-0.1, -0.05) is 89.5 Å². The standard InChI is InChI=1S/C20H32S2Si/c1-3-5-7-9-17-23(18-10-8-6-4-2,19-13-11-15-21-19)20-14-12-16-22-20/h11-16H,3-10,17-18H2,1-2H3. The molecule has 2 heterocycles. The van der Waals surface area contributed by atoms with E-state index in [0.29, 0.717) is 0 Å². The van der Waals surface area contributed by atoms with Crippen molar-refractivity contribution in [3.8, 4) is 0 Å². The van der Waals surface area contributed by atoms with Crippen LogP contribution in [0.4, 0.5) is 0 Å². The maximum atomic E-state index is 2.44. The molecule has 0 amide bonds. The van der Waals surface area contributed by atoms with Gasteiger partial charge in [-0.3, -0.25) is 0 Å². The molecule has 0 saturated carbocycles. The van der Waals surface area contributed by atoms with Gasteiger partial charge in [0.1, 0.15) is 8.07 Å². The Labute approximate surface area is 152 Å². The summed E-state index contributed by atoms with van der Waals surface area (Å²) in [5.74, 6) is 0. The summed E-state index contributed by atoms with van der Waals surface area (Å²) in [4.78, 5) is 0. The predicted molar refractivity (Wildman–Crippen MR) is 112 cm³/mol. The van der Waals surface area contributed by atoms with Crippen LogP contribution < -0.4 is 9.00 Å². The lowest BCUT2D eigenvalue weighted by molar-refractivity contribution is 0.684. The van der Waals surface area contributed by atoms with Crippen molar-refractivity contribution in [1.82, 2.24) is 0 Å². The van der Waals surface area contributed by atoms with Gasteiger partial charge in [-0.05, 0) is 31.8 Å². The van der Waals surface area contributed by atoms with Gasteiger partial charge in [0.05, 0.1) is 0 Å². The second-order valence-electron chi connectivity index (χ2n) is 6.66. The summed E-state index contributed by atoms with van der Waals surface area (Å²) in [6.07, 6.45) is 11.1. The molecule has 0 radical (unpaired) electrons. The average Bonchev–Trinajstić information content (AvgIpc) is 3.27. The lowest BCUT2D eigenvalue weighted by Crippen LogP contribution is -2.55. The van der Waals surface area contributed by atoms with Crippen LogP contribution in [0.25, 0.3) is 0 Å². The fourth-order valence-electron chi connectivity index (χ4n) is 3.55. The Kier molecular flexibility index (Phi) is 8.63. The molecule has 0 fully saturated rings. The number of hydrogen-bond acceptors (Lipinski definition) is 2. The van der Waals surface area contributed by atoms with Gasteiger partial charge >= 0.3 is 0 Å². The summed E-state index contributed by atoms with van der Waals surface area (Å²) < 4.78 is 3.46. The van der Waals surface area contributed by atoms with Gasteiger partial charge in [-0.25, -0.2) is 0 Å². The van der Waals surface area contributed by atoms with Gasteiger partial charge in [0.2, 0.25) is 0 Å². The molecule has 0 aliphatic rings. The lowest BCUT2D eigenvalue weighted by Gasteiger charge is -2.30. The molecular weight excluding hydrogens is 332 g/mol. The highest BCUT2D eigenvalue weighted by Crippen LogP contribution is 2.27. The van der Waals surface area contributed by atoms with Crippen LogP contribution in [0.1, 0.15) is 65.2 Å². The fourth-order valence-corrected chi connectivity index (χ4v) is 12.8. The van der Waals surface area contributed by atoms with Gasteiger partial charge in [-0.2, -0.15) is 22.7 Å². The van der Waals surface area contributed by atoms with E-state index in [9.17, 15) is 0 Å². The zero-order chi connectivity index (χ0) is 16.4. The zero-order valence-electron chi connectivity index (χ0n) is 14.9. The summed E-state index contributed by atoms with van der Waals surface area (Å²) in [6, 6.07) is 12.3. The van der Waals surface area contributed by atoms with E-state index in [-0.39, 0.29) is 0 Å². The Hall–Kier alpha value is -0.383. The van der Waals surface area contributed by atoms with E-state index in [2.05, 4.69) is 48.9 Å². The molecule has 0 aliphatic heterocycles. The quantitative estimate of drug-likeness (QED) is 0.296. The molecule has 23 heavy (non-hydrogen) atoms. The van der Waals surface area contributed by atoms with Crippen LogP contribution in [0, 0.1) is 0 Å². The van der Waals surface area contributed by atoms with Crippen LogP contribution in [-0.4, -0.2) is 8.07 Å². The highest BCUT2D eigenvalue weighted by Gasteiger charge is 2.38. The molecule has 0 bridgehead atoms. The third kappa shape index (κ3) is 5.30. The first-order valence-electron chi connectivity index (χ1n) is 9.41. The Balaban J connectivity index is 2.18. The molecule has 0 unspecified atom stereocenters. The first-order valence-corrected chi connectivity index (χ1v) is 13.6. The summed E-state index contributed by atoms with van der Waals surface area (Å²) in [7, 11) is -1.51.